The lowest BCUT2D eigenvalue weighted by Crippen LogP contribution is -2.33. The van der Waals surface area contributed by atoms with Crippen molar-refractivity contribution < 1.29 is 9.90 Å². The molecule has 1 saturated heterocycles. The summed E-state index contributed by atoms with van der Waals surface area (Å²) < 4.78 is 0. The van der Waals surface area contributed by atoms with E-state index in [0.717, 1.165) is 47.7 Å². The monoisotopic (exact) mass is 404 g/mol. The molecule has 0 aromatic heterocycles. The van der Waals surface area contributed by atoms with E-state index in [1.54, 1.807) is 11.8 Å². The van der Waals surface area contributed by atoms with Crippen molar-refractivity contribution in [1.29, 1.82) is 0 Å². The third-order valence-corrected chi connectivity index (χ3v) is 5.95. The molecule has 1 aromatic carbocycles. The summed E-state index contributed by atoms with van der Waals surface area (Å²) in [5.74, 6) is 1.18. The first-order valence-corrected chi connectivity index (χ1v) is 11.2. The Labute approximate surface area is 174 Å². The average molecular weight is 405 g/mol. The van der Waals surface area contributed by atoms with Crippen LogP contribution in [0.3, 0.4) is 0 Å². The van der Waals surface area contributed by atoms with Crippen LogP contribution in [-0.2, 0) is 15.6 Å². The molecular weight excluding hydrogens is 368 g/mol. The zero-order valence-corrected chi connectivity index (χ0v) is 19.3. The van der Waals surface area contributed by atoms with E-state index in [9.17, 15) is 9.90 Å². The van der Waals surface area contributed by atoms with Gasteiger partial charge < -0.3 is 15.3 Å². The minimum atomic E-state index is -0.178. The predicted molar refractivity (Wildman–Crippen MR) is 121 cm³/mol. The molecule has 1 fully saturated rings. The summed E-state index contributed by atoms with van der Waals surface area (Å²) in [6.45, 7) is 17.3. The van der Waals surface area contributed by atoms with Crippen LogP contribution in [0.5, 0.6) is 5.75 Å². The van der Waals surface area contributed by atoms with Gasteiger partial charge in [-0.25, -0.2) is 0 Å². The number of nitrogens with one attached hydrogen (secondary N) is 1. The minimum absolute atomic E-state index is 0.103. The lowest BCUT2D eigenvalue weighted by Gasteiger charge is -2.28. The Hall–Kier alpha value is -1.46. The summed E-state index contributed by atoms with van der Waals surface area (Å²) in [4.78, 5) is 15.4. The van der Waals surface area contributed by atoms with Crippen LogP contribution in [0, 0.1) is 0 Å². The van der Waals surface area contributed by atoms with E-state index in [0.29, 0.717) is 11.6 Å². The van der Waals surface area contributed by atoms with Crippen LogP contribution in [0.1, 0.15) is 71.6 Å². The van der Waals surface area contributed by atoms with Gasteiger partial charge in [0.2, 0.25) is 0 Å². The standard InChI is InChI=1S/C23H36N2O2S/c1-8-9-24-10-11-25-15-28-19(21(25)27)14-16-12-17(22(2,3)4)20(26)18(13-16)23(5,6)7/h12-14,24,26H,8-11,15H2,1-7H3. The summed E-state index contributed by atoms with van der Waals surface area (Å²) in [5, 5.41) is 14.2. The molecule has 2 rings (SSSR count). The van der Waals surface area contributed by atoms with Crippen LogP contribution >= 0.6 is 11.8 Å². The van der Waals surface area contributed by atoms with Gasteiger partial charge in [0, 0.05) is 24.2 Å². The summed E-state index contributed by atoms with van der Waals surface area (Å²) in [5.41, 5.74) is 2.46. The quantitative estimate of drug-likeness (QED) is 0.525. The maximum absolute atomic E-state index is 12.8. The summed E-state index contributed by atoms with van der Waals surface area (Å²) in [6, 6.07) is 4.05. The average Bonchev–Trinajstić information content (AvgIpc) is 2.91. The van der Waals surface area contributed by atoms with Crippen LogP contribution in [0.25, 0.3) is 6.08 Å². The molecule has 0 unspecified atom stereocenters. The highest BCUT2D eigenvalue weighted by Crippen LogP contribution is 2.41. The highest BCUT2D eigenvalue weighted by molar-refractivity contribution is 8.04. The van der Waals surface area contributed by atoms with Gasteiger partial charge in [0.15, 0.2) is 0 Å². The lowest BCUT2D eigenvalue weighted by atomic mass is 9.78. The third-order valence-electron chi connectivity index (χ3n) is 4.91. The Morgan fingerprint density at radius 2 is 1.68 bits per heavy atom. The van der Waals surface area contributed by atoms with Crippen molar-refractivity contribution >= 4 is 23.7 Å². The number of phenolic OH excluding ortho intramolecular Hbond substituents is 1. The van der Waals surface area contributed by atoms with Crippen molar-refractivity contribution in [3.05, 3.63) is 33.7 Å². The summed E-state index contributed by atoms with van der Waals surface area (Å²) in [7, 11) is 0. The number of hydrogen-bond donors (Lipinski definition) is 2. The normalized spacial score (nSPS) is 17.0. The Balaban J connectivity index is 2.31. The van der Waals surface area contributed by atoms with Gasteiger partial charge >= 0.3 is 0 Å². The largest absolute Gasteiger partial charge is 0.507 e. The molecule has 5 heteroatoms. The fourth-order valence-corrected chi connectivity index (χ4v) is 4.26. The molecule has 0 spiro atoms. The molecule has 2 N–H and O–H groups in total. The third kappa shape index (κ3) is 5.54. The zero-order chi connectivity index (χ0) is 21.1. The Kier molecular flexibility index (Phi) is 7.27. The number of amides is 1. The second-order valence-corrected chi connectivity index (χ2v) is 10.6. The number of carbonyl (C=O) groups excluding carboxylic acids is 1. The van der Waals surface area contributed by atoms with Gasteiger partial charge in [-0.05, 0) is 47.6 Å². The highest BCUT2D eigenvalue weighted by Gasteiger charge is 2.29. The molecule has 0 aliphatic carbocycles. The molecule has 4 nitrogen and oxygen atoms in total. The van der Waals surface area contributed by atoms with Gasteiger partial charge in [0.05, 0.1) is 10.8 Å². The summed E-state index contributed by atoms with van der Waals surface area (Å²) >= 11 is 1.60. The minimum Gasteiger partial charge on any atom is -0.507 e. The van der Waals surface area contributed by atoms with E-state index in [-0.39, 0.29) is 16.7 Å². The number of benzene rings is 1. The number of nitrogens with zero attached hydrogens (tertiary/aromatic N) is 1. The van der Waals surface area contributed by atoms with E-state index in [2.05, 4.69) is 53.8 Å². The molecule has 28 heavy (non-hydrogen) atoms. The van der Waals surface area contributed by atoms with Crippen molar-refractivity contribution in [3.8, 4) is 5.75 Å². The van der Waals surface area contributed by atoms with Gasteiger partial charge in [-0.15, -0.1) is 0 Å². The first kappa shape index (κ1) is 22.8. The Morgan fingerprint density at radius 1 is 1.11 bits per heavy atom. The van der Waals surface area contributed by atoms with E-state index in [1.165, 1.54) is 0 Å². The molecule has 1 aliphatic rings. The molecular formula is C23H36N2O2S. The molecule has 1 aromatic rings. The number of aromatic hydroxyl groups is 1. The first-order valence-electron chi connectivity index (χ1n) is 10.2. The molecule has 156 valence electrons. The number of carbonyl (C=O) groups is 1. The molecule has 0 saturated carbocycles. The van der Waals surface area contributed by atoms with Crippen molar-refractivity contribution in [2.24, 2.45) is 0 Å². The topological polar surface area (TPSA) is 52.6 Å². The molecule has 0 atom stereocenters. The van der Waals surface area contributed by atoms with Crippen molar-refractivity contribution in [1.82, 2.24) is 10.2 Å². The van der Waals surface area contributed by atoms with Crippen LogP contribution < -0.4 is 5.32 Å². The maximum Gasteiger partial charge on any atom is 0.261 e. The number of hydrogen-bond acceptors (Lipinski definition) is 4. The smallest absolute Gasteiger partial charge is 0.261 e. The van der Waals surface area contributed by atoms with E-state index in [4.69, 9.17) is 0 Å². The number of rotatable bonds is 6. The fraction of sp³-hybridized carbons (Fsp3) is 0.609. The lowest BCUT2D eigenvalue weighted by molar-refractivity contribution is -0.124. The van der Waals surface area contributed by atoms with Crippen LogP contribution in [-0.4, -0.2) is 41.4 Å². The molecule has 1 amide bonds. The van der Waals surface area contributed by atoms with Crippen LogP contribution in [0.2, 0.25) is 0 Å². The summed E-state index contributed by atoms with van der Waals surface area (Å²) in [6.07, 6.45) is 3.08. The van der Waals surface area contributed by atoms with Gasteiger partial charge in [-0.1, -0.05) is 60.2 Å². The molecule has 1 aliphatic heterocycles. The SMILES string of the molecule is CCCNCCN1CSC(=Cc2cc(C(C)(C)C)c(O)c(C(C)(C)C)c2)C1=O. The maximum atomic E-state index is 12.8. The van der Waals surface area contributed by atoms with Crippen molar-refractivity contribution in [2.45, 2.75) is 65.7 Å². The second-order valence-electron chi connectivity index (χ2n) is 9.57. The Morgan fingerprint density at radius 3 is 2.18 bits per heavy atom. The second kappa shape index (κ2) is 8.91. The van der Waals surface area contributed by atoms with E-state index in [1.807, 2.05) is 23.1 Å². The van der Waals surface area contributed by atoms with Gasteiger partial charge in [0.1, 0.15) is 5.75 Å². The van der Waals surface area contributed by atoms with Crippen LogP contribution in [0.4, 0.5) is 0 Å². The van der Waals surface area contributed by atoms with Gasteiger partial charge in [-0.3, -0.25) is 4.79 Å². The van der Waals surface area contributed by atoms with E-state index >= 15 is 0 Å². The van der Waals surface area contributed by atoms with Crippen molar-refractivity contribution in [2.75, 3.05) is 25.5 Å². The molecule has 0 radical (unpaired) electrons. The van der Waals surface area contributed by atoms with Crippen molar-refractivity contribution in [3.63, 3.8) is 0 Å². The highest BCUT2D eigenvalue weighted by atomic mass is 32.2. The van der Waals surface area contributed by atoms with Gasteiger partial charge in [-0.2, -0.15) is 0 Å². The number of thioether (sulfide) groups is 1. The van der Waals surface area contributed by atoms with Gasteiger partial charge in [0.25, 0.3) is 5.91 Å². The van der Waals surface area contributed by atoms with E-state index < -0.39 is 0 Å². The molecule has 0 bridgehead atoms. The zero-order valence-electron chi connectivity index (χ0n) is 18.5. The fourth-order valence-electron chi connectivity index (χ4n) is 3.24. The van der Waals surface area contributed by atoms with Crippen LogP contribution in [0.15, 0.2) is 17.0 Å². The number of phenols is 1. The molecule has 1 heterocycles. The Bertz CT molecular complexity index is 707. The first-order chi connectivity index (χ1) is 12.9. The predicted octanol–water partition coefficient (Wildman–Crippen LogP) is 4.86.